The summed E-state index contributed by atoms with van der Waals surface area (Å²) in [6.45, 7) is 0. The van der Waals surface area contributed by atoms with Crippen LogP contribution in [0.1, 0.15) is 16.7 Å². The zero-order chi connectivity index (χ0) is 21.6. The zero-order valence-electron chi connectivity index (χ0n) is 14.3. The fraction of sp³-hybridized carbons (Fsp3) is 0.0526. The highest BCUT2D eigenvalue weighted by Gasteiger charge is 2.52. The third-order valence-electron chi connectivity index (χ3n) is 4.39. The summed E-state index contributed by atoms with van der Waals surface area (Å²) in [7, 11) is -5.10. The topological polar surface area (TPSA) is 94.8 Å². The van der Waals surface area contributed by atoms with Gasteiger partial charge < -0.3 is 10.2 Å². The summed E-state index contributed by atoms with van der Waals surface area (Å²) in [5.41, 5.74) is -0.531. The predicted octanol–water partition coefficient (Wildman–Crippen LogP) is 5.89. The summed E-state index contributed by atoms with van der Waals surface area (Å²) in [4.78, 5) is 0. The van der Waals surface area contributed by atoms with Crippen LogP contribution in [0.15, 0.2) is 54.6 Å². The Morgan fingerprint density at radius 3 is 1.97 bits per heavy atom. The van der Waals surface area contributed by atoms with Crippen LogP contribution in [-0.4, -0.2) is 23.2 Å². The number of benzene rings is 3. The third kappa shape index (κ3) is 3.65. The van der Waals surface area contributed by atoms with Crippen LogP contribution in [0.5, 0.6) is 11.5 Å². The van der Waals surface area contributed by atoms with Crippen LogP contribution in [0, 0.1) is 0 Å². The van der Waals surface area contributed by atoms with Crippen molar-refractivity contribution in [1.82, 2.24) is 0 Å². The fourth-order valence-corrected chi connectivity index (χ4v) is 5.50. The highest BCUT2D eigenvalue weighted by molar-refractivity contribution is 7.87. The number of rotatable bonds is 4. The molecule has 0 saturated carbocycles. The molecule has 0 aliphatic rings. The molecule has 0 fully saturated rings. The van der Waals surface area contributed by atoms with Crippen LogP contribution < -0.4 is 0 Å². The van der Waals surface area contributed by atoms with Crippen molar-refractivity contribution in [2.45, 2.75) is 4.75 Å². The van der Waals surface area contributed by atoms with Crippen LogP contribution in [0.4, 0.5) is 0 Å². The van der Waals surface area contributed by atoms with E-state index in [0.29, 0.717) is 0 Å². The molecular weight excluding hydrogens is 482 g/mol. The molecule has 3 N–H and O–H groups in total. The van der Waals surface area contributed by atoms with Crippen molar-refractivity contribution in [3.8, 4) is 11.5 Å². The average molecular weight is 494 g/mol. The number of hydrogen-bond donors (Lipinski definition) is 3. The van der Waals surface area contributed by atoms with Gasteiger partial charge in [0.2, 0.25) is 0 Å². The van der Waals surface area contributed by atoms with E-state index >= 15 is 0 Å². The maximum Gasteiger partial charge on any atom is 0.283 e. The minimum absolute atomic E-state index is 0.0336. The molecule has 0 aromatic heterocycles. The van der Waals surface area contributed by atoms with Gasteiger partial charge in [0.25, 0.3) is 10.1 Å². The van der Waals surface area contributed by atoms with E-state index in [1.807, 2.05) is 0 Å². The Hall–Kier alpha value is -1.67. The lowest BCUT2D eigenvalue weighted by molar-refractivity contribution is 0.440. The van der Waals surface area contributed by atoms with Crippen molar-refractivity contribution in [2.75, 3.05) is 0 Å². The first-order valence-corrected chi connectivity index (χ1v) is 10.8. The maximum absolute atomic E-state index is 13.0. The molecule has 0 bridgehead atoms. The molecule has 0 radical (unpaired) electrons. The van der Waals surface area contributed by atoms with Crippen molar-refractivity contribution in [1.29, 1.82) is 0 Å². The van der Waals surface area contributed by atoms with Crippen molar-refractivity contribution < 1.29 is 23.2 Å². The maximum atomic E-state index is 13.0. The third-order valence-corrected chi connectivity index (χ3v) is 7.15. The van der Waals surface area contributed by atoms with Crippen LogP contribution >= 0.6 is 46.4 Å². The summed E-state index contributed by atoms with van der Waals surface area (Å²) < 4.78 is 34.0. The van der Waals surface area contributed by atoms with Gasteiger partial charge in [-0.1, -0.05) is 70.7 Å². The minimum atomic E-state index is -5.10. The van der Waals surface area contributed by atoms with Gasteiger partial charge in [0.15, 0.2) is 4.75 Å². The largest absolute Gasteiger partial charge is 0.508 e. The molecule has 3 rings (SSSR count). The molecule has 3 aromatic carbocycles. The van der Waals surface area contributed by atoms with Gasteiger partial charge in [0.05, 0.1) is 15.1 Å². The highest BCUT2D eigenvalue weighted by atomic mass is 35.5. The minimum Gasteiger partial charge on any atom is -0.508 e. The lowest BCUT2D eigenvalue weighted by Gasteiger charge is -2.34. The molecule has 0 spiro atoms. The summed E-state index contributed by atoms with van der Waals surface area (Å²) >= 11 is 24.6. The molecule has 0 aliphatic carbocycles. The van der Waals surface area contributed by atoms with Crippen molar-refractivity contribution in [2.24, 2.45) is 0 Å². The summed E-state index contributed by atoms with van der Waals surface area (Å²) in [5.74, 6) is -0.838. The van der Waals surface area contributed by atoms with Crippen molar-refractivity contribution >= 4 is 56.5 Å². The van der Waals surface area contributed by atoms with Gasteiger partial charge in [0, 0.05) is 10.6 Å². The molecule has 1 atom stereocenters. The van der Waals surface area contributed by atoms with E-state index < -0.39 is 26.2 Å². The van der Waals surface area contributed by atoms with Crippen LogP contribution in [0.2, 0.25) is 20.1 Å². The van der Waals surface area contributed by atoms with Gasteiger partial charge >= 0.3 is 0 Å². The van der Waals surface area contributed by atoms with Crippen LogP contribution in [0.3, 0.4) is 0 Å². The Labute approximate surface area is 186 Å². The van der Waals surface area contributed by atoms with E-state index in [1.165, 1.54) is 48.5 Å². The van der Waals surface area contributed by atoms with Gasteiger partial charge in [-0.15, -0.1) is 0 Å². The molecular formula is C19H12Cl4O5S. The number of halogens is 4. The van der Waals surface area contributed by atoms with E-state index in [2.05, 4.69) is 0 Å². The Kier molecular flexibility index (Phi) is 5.98. The van der Waals surface area contributed by atoms with Crippen molar-refractivity contribution in [3.63, 3.8) is 0 Å². The summed E-state index contributed by atoms with van der Waals surface area (Å²) in [6, 6.07) is 11.8. The van der Waals surface area contributed by atoms with Gasteiger partial charge in [-0.05, 0) is 41.5 Å². The monoisotopic (exact) mass is 492 g/mol. The van der Waals surface area contributed by atoms with Gasteiger partial charge in [-0.2, -0.15) is 8.42 Å². The summed E-state index contributed by atoms with van der Waals surface area (Å²) in [5, 5.41) is 19.8. The number of hydrogen-bond acceptors (Lipinski definition) is 4. The Morgan fingerprint density at radius 1 is 0.793 bits per heavy atom. The molecule has 0 saturated heterocycles. The Balaban J connectivity index is 2.64. The van der Waals surface area contributed by atoms with E-state index in [0.717, 1.165) is 6.07 Å². The molecule has 0 amide bonds. The number of phenols is 2. The quantitative estimate of drug-likeness (QED) is 0.239. The van der Waals surface area contributed by atoms with E-state index in [9.17, 15) is 23.2 Å². The van der Waals surface area contributed by atoms with Crippen molar-refractivity contribution in [3.05, 3.63) is 91.4 Å². The summed E-state index contributed by atoms with van der Waals surface area (Å²) in [6.07, 6.45) is 0. The number of phenolic OH excluding ortho intramolecular Hbond substituents is 2. The van der Waals surface area contributed by atoms with Gasteiger partial charge in [-0.25, -0.2) is 0 Å². The van der Waals surface area contributed by atoms with Gasteiger partial charge in [-0.3, -0.25) is 4.55 Å². The molecule has 152 valence electrons. The molecule has 0 aliphatic heterocycles. The first-order chi connectivity index (χ1) is 13.5. The van der Waals surface area contributed by atoms with E-state index in [1.54, 1.807) is 0 Å². The number of aromatic hydroxyl groups is 2. The fourth-order valence-electron chi connectivity index (χ4n) is 3.19. The second-order valence-corrected chi connectivity index (χ2v) is 9.28. The Bertz CT molecular complexity index is 1170. The smallest absolute Gasteiger partial charge is 0.283 e. The molecule has 1 unspecified atom stereocenters. The first-order valence-electron chi connectivity index (χ1n) is 7.89. The molecule has 5 nitrogen and oxygen atoms in total. The van der Waals surface area contributed by atoms with Crippen LogP contribution in [0.25, 0.3) is 0 Å². The van der Waals surface area contributed by atoms with E-state index in [-0.39, 0.29) is 37.0 Å². The first kappa shape index (κ1) is 22.0. The molecule has 0 heterocycles. The lowest BCUT2D eigenvalue weighted by Crippen LogP contribution is -2.38. The second-order valence-electron chi connectivity index (χ2n) is 6.09. The molecule has 29 heavy (non-hydrogen) atoms. The standard InChI is InChI=1S/C19H12Cl4O5S/c20-12-3-1-2-11(8-12)19(29(26,27)28,10-4-6-13(24)7-5-10)16-17(23)14(21)9-15(22)18(16)25/h1-9,24-25H,(H,26,27,28). The average Bonchev–Trinajstić information content (AvgIpc) is 2.63. The lowest BCUT2D eigenvalue weighted by atomic mass is 9.83. The second kappa shape index (κ2) is 7.87. The Morgan fingerprint density at radius 2 is 1.41 bits per heavy atom. The predicted molar refractivity (Wildman–Crippen MR) is 114 cm³/mol. The van der Waals surface area contributed by atoms with E-state index in [4.69, 9.17) is 46.4 Å². The highest BCUT2D eigenvalue weighted by Crippen LogP contribution is 2.53. The SMILES string of the molecule is O=S(=O)(O)C(c1ccc(O)cc1)(c1cccc(Cl)c1)c1c(O)c(Cl)cc(Cl)c1Cl. The molecule has 10 heteroatoms. The van der Waals surface area contributed by atoms with Gasteiger partial charge in [0.1, 0.15) is 11.5 Å². The normalized spacial score (nSPS) is 13.8. The zero-order valence-corrected chi connectivity index (χ0v) is 18.1. The van der Waals surface area contributed by atoms with Crippen LogP contribution in [-0.2, 0) is 14.9 Å². The molecule has 3 aromatic rings.